The Morgan fingerprint density at radius 3 is 2.16 bits per heavy atom. The van der Waals surface area contributed by atoms with Gasteiger partial charge in [0.15, 0.2) is 0 Å². The van der Waals surface area contributed by atoms with E-state index in [0.717, 1.165) is 16.3 Å². The molecular formula is C19H23NO4S. The van der Waals surface area contributed by atoms with E-state index in [1.807, 2.05) is 19.1 Å². The highest BCUT2D eigenvalue weighted by atomic mass is 32.2. The second-order valence-electron chi connectivity index (χ2n) is 5.88. The standard InChI is InChI=1S/C19H23NO4S/c1-4-16-10-12-17(13-11-16)20(14-19(21)24-15(2)3)25(22,23)18-8-6-5-7-9-18/h5-13,15H,4,14H2,1-3H3. The molecule has 0 saturated heterocycles. The highest BCUT2D eigenvalue weighted by molar-refractivity contribution is 7.92. The molecule has 2 aromatic rings. The maximum Gasteiger partial charge on any atom is 0.327 e. The summed E-state index contributed by atoms with van der Waals surface area (Å²) in [6.45, 7) is 5.10. The number of aryl methyl sites for hydroxylation is 1. The van der Waals surface area contributed by atoms with Crippen LogP contribution in [-0.2, 0) is 26.0 Å². The summed E-state index contributed by atoms with van der Waals surface area (Å²) >= 11 is 0. The Bertz CT molecular complexity index is 799. The first-order valence-corrected chi connectivity index (χ1v) is 9.64. The van der Waals surface area contributed by atoms with Gasteiger partial charge in [0.1, 0.15) is 6.54 Å². The van der Waals surface area contributed by atoms with Crippen molar-refractivity contribution in [3.05, 3.63) is 60.2 Å². The summed E-state index contributed by atoms with van der Waals surface area (Å²) in [5.74, 6) is -0.589. The van der Waals surface area contributed by atoms with Gasteiger partial charge in [-0.15, -0.1) is 0 Å². The van der Waals surface area contributed by atoms with Crippen LogP contribution in [0, 0.1) is 0 Å². The van der Waals surface area contributed by atoms with Gasteiger partial charge in [-0.25, -0.2) is 8.42 Å². The molecule has 0 bridgehead atoms. The molecule has 0 aliphatic carbocycles. The normalized spacial score (nSPS) is 11.4. The zero-order valence-corrected chi connectivity index (χ0v) is 15.5. The van der Waals surface area contributed by atoms with Gasteiger partial charge in [0.05, 0.1) is 16.7 Å². The van der Waals surface area contributed by atoms with Crippen LogP contribution in [0.1, 0.15) is 26.3 Å². The van der Waals surface area contributed by atoms with Gasteiger partial charge >= 0.3 is 5.97 Å². The zero-order chi connectivity index (χ0) is 18.4. The minimum Gasteiger partial charge on any atom is -0.462 e. The highest BCUT2D eigenvalue weighted by Crippen LogP contribution is 2.24. The molecule has 0 aliphatic heterocycles. The maximum atomic E-state index is 13.0. The lowest BCUT2D eigenvalue weighted by molar-refractivity contribution is -0.145. The number of carbonyl (C=O) groups is 1. The molecule has 6 heteroatoms. The lowest BCUT2D eigenvalue weighted by Crippen LogP contribution is -2.37. The van der Waals surface area contributed by atoms with Crippen LogP contribution in [0.15, 0.2) is 59.5 Å². The molecule has 0 aromatic heterocycles. The number of carbonyl (C=O) groups excluding carboxylic acids is 1. The molecule has 0 spiro atoms. The summed E-state index contributed by atoms with van der Waals surface area (Å²) in [4.78, 5) is 12.2. The minimum absolute atomic E-state index is 0.131. The molecule has 0 fully saturated rings. The summed E-state index contributed by atoms with van der Waals surface area (Å²) in [6.07, 6.45) is 0.539. The Kier molecular flexibility index (Phi) is 6.20. The molecule has 0 atom stereocenters. The Hall–Kier alpha value is -2.34. The molecule has 0 N–H and O–H groups in total. The molecule has 5 nitrogen and oxygen atoms in total. The van der Waals surface area contributed by atoms with Crippen molar-refractivity contribution in [3.63, 3.8) is 0 Å². The fourth-order valence-corrected chi connectivity index (χ4v) is 3.78. The maximum absolute atomic E-state index is 13.0. The smallest absolute Gasteiger partial charge is 0.327 e. The summed E-state index contributed by atoms with van der Waals surface area (Å²) < 4.78 is 32.3. The Morgan fingerprint density at radius 1 is 1.04 bits per heavy atom. The Labute approximate surface area is 149 Å². The highest BCUT2D eigenvalue weighted by Gasteiger charge is 2.27. The topological polar surface area (TPSA) is 63.7 Å². The summed E-state index contributed by atoms with van der Waals surface area (Å²) in [5, 5.41) is 0. The van der Waals surface area contributed by atoms with Gasteiger partial charge in [-0.1, -0.05) is 37.3 Å². The predicted molar refractivity (Wildman–Crippen MR) is 98.0 cm³/mol. The quantitative estimate of drug-likeness (QED) is 0.709. The Balaban J connectivity index is 2.42. The molecule has 0 heterocycles. The van der Waals surface area contributed by atoms with Crippen LogP contribution < -0.4 is 4.31 Å². The summed E-state index contributed by atoms with van der Waals surface area (Å²) in [5.41, 5.74) is 1.52. The van der Waals surface area contributed by atoms with Crippen molar-refractivity contribution in [2.24, 2.45) is 0 Å². The summed E-state index contributed by atoms with van der Waals surface area (Å²) in [7, 11) is -3.87. The van der Waals surface area contributed by atoms with Gasteiger partial charge in [-0.2, -0.15) is 0 Å². The van der Waals surface area contributed by atoms with E-state index in [1.165, 1.54) is 12.1 Å². The second-order valence-corrected chi connectivity index (χ2v) is 7.75. The number of hydrogen-bond donors (Lipinski definition) is 0. The van der Waals surface area contributed by atoms with Crippen LogP contribution in [0.5, 0.6) is 0 Å². The molecule has 2 aromatic carbocycles. The van der Waals surface area contributed by atoms with E-state index < -0.39 is 16.0 Å². The van der Waals surface area contributed by atoms with Crippen LogP contribution >= 0.6 is 0 Å². The number of rotatable bonds is 7. The SMILES string of the molecule is CCc1ccc(N(CC(=O)OC(C)C)S(=O)(=O)c2ccccc2)cc1. The van der Waals surface area contributed by atoms with Crippen LogP contribution in [0.3, 0.4) is 0 Å². The van der Waals surface area contributed by atoms with Gasteiger partial charge in [-0.3, -0.25) is 9.10 Å². The number of sulfonamides is 1. The third-order valence-electron chi connectivity index (χ3n) is 3.60. The fourth-order valence-electron chi connectivity index (χ4n) is 2.35. The second kappa shape index (κ2) is 8.16. The lowest BCUT2D eigenvalue weighted by atomic mass is 10.1. The van der Waals surface area contributed by atoms with E-state index in [1.54, 1.807) is 44.2 Å². The first-order valence-electron chi connectivity index (χ1n) is 8.20. The van der Waals surface area contributed by atoms with Gasteiger partial charge < -0.3 is 4.74 Å². The van der Waals surface area contributed by atoms with Crippen molar-refractivity contribution in [3.8, 4) is 0 Å². The minimum atomic E-state index is -3.87. The average Bonchev–Trinajstić information content (AvgIpc) is 2.60. The van der Waals surface area contributed by atoms with Gasteiger partial charge in [0.25, 0.3) is 10.0 Å². The number of ether oxygens (including phenoxy) is 1. The zero-order valence-electron chi connectivity index (χ0n) is 14.7. The number of hydrogen-bond acceptors (Lipinski definition) is 4. The van der Waals surface area contributed by atoms with E-state index in [9.17, 15) is 13.2 Å². The van der Waals surface area contributed by atoms with E-state index in [4.69, 9.17) is 4.74 Å². The van der Waals surface area contributed by atoms with Crippen LogP contribution in [0.4, 0.5) is 5.69 Å². The number of benzene rings is 2. The van der Waals surface area contributed by atoms with Gasteiger partial charge in [0.2, 0.25) is 0 Å². The van der Waals surface area contributed by atoms with Crippen molar-refractivity contribution in [1.29, 1.82) is 0 Å². The Morgan fingerprint density at radius 2 is 1.64 bits per heavy atom. The van der Waals surface area contributed by atoms with Gasteiger partial charge in [0, 0.05) is 0 Å². The molecule has 0 saturated carbocycles. The van der Waals surface area contributed by atoms with Crippen molar-refractivity contribution in [2.75, 3.05) is 10.8 Å². The number of anilines is 1. The van der Waals surface area contributed by atoms with E-state index in [2.05, 4.69) is 0 Å². The van der Waals surface area contributed by atoms with Crippen LogP contribution in [0.25, 0.3) is 0 Å². The van der Waals surface area contributed by atoms with Crippen LogP contribution in [-0.4, -0.2) is 27.0 Å². The molecule has 25 heavy (non-hydrogen) atoms. The van der Waals surface area contributed by atoms with E-state index >= 15 is 0 Å². The molecule has 0 aliphatic rings. The molecule has 0 unspecified atom stereocenters. The molecular weight excluding hydrogens is 338 g/mol. The largest absolute Gasteiger partial charge is 0.462 e. The molecule has 0 radical (unpaired) electrons. The first-order chi connectivity index (χ1) is 11.8. The van der Waals surface area contributed by atoms with Gasteiger partial charge in [-0.05, 0) is 50.1 Å². The number of esters is 1. The third kappa shape index (κ3) is 4.82. The number of nitrogens with zero attached hydrogens (tertiary/aromatic N) is 1. The van der Waals surface area contributed by atoms with Crippen molar-refractivity contribution in [2.45, 2.75) is 38.2 Å². The average molecular weight is 361 g/mol. The molecule has 134 valence electrons. The van der Waals surface area contributed by atoms with Crippen molar-refractivity contribution >= 4 is 21.7 Å². The van der Waals surface area contributed by atoms with Crippen molar-refractivity contribution in [1.82, 2.24) is 0 Å². The summed E-state index contributed by atoms with van der Waals surface area (Å²) in [6, 6.07) is 15.2. The molecule has 0 amide bonds. The third-order valence-corrected chi connectivity index (χ3v) is 5.39. The van der Waals surface area contributed by atoms with E-state index in [0.29, 0.717) is 5.69 Å². The fraction of sp³-hybridized carbons (Fsp3) is 0.316. The first kappa shape index (κ1) is 19.0. The van der Waals surface area contributed by atoms with Crippen molar-refractivity contribution < 1.29 is 17.9 Å². The molecule has 2 rings (SSSR count). The van der Waals surface area contributed by atoms with E-state index in [-0.39, 0.29) is 17.5 Å². The van der Waals surface area contributed by atoms with Crippen LogP contribution in [0.2, 0.25) is 0 Å². The monoisotopic (exact) mass is 361 g/mol. The predicted octanol–water partition coefficient (Wildman–Crippen LogP) is 3.40. The lowest BCUT2D eigenvalue weighted by Gasteiger charge is -2.24.